The number of azide groups is 1. The van der Waals surface area contributed by atoms with Crippen LogP contribution in [0.15, 0.2) is 52.9 Å². The molecule has 5 nitrogen and oxygen atoms in total. The molecule has 1 heterocycles. The van der Waals surface area contributed by atoms with Gasteiger partial charge in [-0.1, -0.05) is 48.3 Å². The Morgan fingerprint density at radius 3 is 2.75 bits per heavy atom. The maximum absolute atomic E-state index is 8.92. The van der Waals surface area contributed by atoms with Crippen LogP contribution in [0.4, 0.5) is 0 Å². The number of aromatic nitrogens is 2. The predicted molar refractivity (Wildman–Crippen MR) is 129 cm³/mol. The summed E-state index contributed by atoms with van der Waals surface area (Å²) in [5.74, 6) is 2.18. The number of imidazole rings is 1. The second-order valence-electron chi connectivity index (χ2n) is 11.3. The van der Waals surface area contributed by atoms with Gasteiger partial charge >= 0.3 is 0 Å². The lowest BCUT2D eigenvalue weighted by molar-refractivity contribution is -0.0129. The van der Waals surface area contributed by atoms with E-state index in [0.29, 0.717) is 5.92 Å². The summed E-state index contributed by atoms with van der Waals surface area (Å²) in [7, 11) is 0. The molecule has 2 saturated carbocycles. The third-order valence-corrected chi connectivity index (χ3v) is 9.85. The highest BCUT2D eigenvalue weighted by Gasteiger charge is 2.58. The van der Waals surface area contributed by atoms with Gasteiger partial charge < -0.3 is 4.57 Å². The first-order valence-electron chi connectivity index (χ1n) is 12.3. The van der Waals surface area contributed by atoms with E-state index in [0.717, 1.165) is 30.2 Å². The van der Waals surface area contributed by atoms with Crippen molar-refractivity contribution in [1.29, 1.82) is 0 Å². The quantitative estimate of drug-likeness (QED) is 0.211. The van der Waals surface area contributed by atoms with Crippen LogP contribution < -0.4 is 0 Å². The van der Waals surface area contributed by atoms with Gasteiger partial charge in [0.2, 0.25) is 0 Å². The second kappa shape index (κ2) is 6.99. The molecule has 2 fully saturated rings. The second-order valence-corrected chi connectivity index (χ2v) is 11.3. The van der Waals surface area contributed by atoms with E-state index in [1.54, 1.807) is 11.1 Å². The first kappa shape index (κ1) is 20.1. The Balaban J connectivity index is 1.36. The van der Waals surface area contributed by atoms with Crippen LogP contribution in [0, 0.1) is 28.6 Å². The van der Waals surface area contributed by atoms with Gasteiger partial charge in [-0.25, -0.2) is 4.98 Å². The van der Waals surface area contributed by atoms with Crippen LogP contribution in [0.25, 0.3) is 27.2 Å². The van der Waals surface area contributed by atoms with Gasteiger partial charge in [0.25, 0.3) is 0 Å². The van der Waals surface area contributed by atoms with Crippen LogP contribution in [0.2, 0.25) is 0 Å². The molecule has 4 unspecified atom stereocenters. The number of hydrogen-bond donors (Lipinski definition) is 0. The smallest absolute Gasteiger partial charge is 0.100 e. The molecule has 166 valence electrons. The summed E-state index contributed by atoms with van der Waals surface area (Å²) < 4.78 is 2.40. The maximum atomic E-state index is 8.92. The maximum Gasteiger partial charge on any atom is 0.100 e. The van der Waals surface area contributed by atoms with E-state index in [1.165, 1.54) is 43.3 Å². The summed E-state index contributed by atoms with van der Waals surface area (Å²) in [5.41, 5.74) is 16.4. The molecular weight excluding hydrogens is 394 g/mol. The van der Waals surface area contributed by atoms with Crippen molar-refractivity contribution >= 4 is 16.7 Å². The van der Waals surface area contributed by atoms with Crippen LogP contribution >= 0.6 is 0 Å². The molecule has 6 rings (SSSR count). The molecule has 4 aliphatic rings. The van der Waals surface area contributed by atoms with E-state index in [9.17, 15) is 0 Å². The van der Waals surface area contributed by atoms with E-state index in [4.69, 9.17) is 10.5 Å². The molecular formula is C27H33N5. The summed E-state index contributed by atoms with van der Waals surface area (Å²) in [6, 6.07) is 8.69. The molecule has 32 heavy (non-hydrogen) atoms. The fourth-order valence-electron chi connectivity index (χ4n) is 8.34. The molecule has 2 aromatic rings. The molecule has 1 aromatic carbocycles. The van der Waals surface area contributed by atoms with Crippen LogP contribution in [-0.4, -0.2) is 15.6 Å². The molecule has 0 N–H and O–H groups in total. The highest BCUT2D eigenvalue weighted by Crippen LogP contribution is 2.67. The fourth-order valence-corrected chi connectivity index (χ4v) is 8.34. The number of nitrogens with zero attached hydrogens (tertiary/aromatic N) is 5. The predicted octanol–water partition coefficient (Wildman–Crippen LogP) is 7.52. The molecule has 0 aliphatic heterocycles. The van der Waals surface area contributed by atoms with Crippen molar-refractivity contribution in [3.8, 4) is 0 Å². The average Bonchev–Trinajstić information content (AvgIpc) is 3.31. The number of fused-ring (bicyclic) bond motifs is 6. The summed E-state index contributed by atoms with van der Waals surface area (Å²) in [6.45, 7) is 7.42. The van der Waals surface area contributed by atoms with Gasteiger partial charge in [0.1, 0.15) is 6.33 Å². The summed E-state index contributed by atoms with van der Waals surface area (Å²) in [4.78, 5) is 7.82. The number of para-hydroxylation sites is 2. The minimum Gasteiger partial charge on any atom is -0.302 e. The fraction of sp³-hybridized carbons (Fsp3) is 0.593. The van der Waals surface area contributed by atoms with Crippen molar-refractivity contribution in [1.82, 2.24) is 9.55 Å². The van der Waals surface area contributed by atoms with Crippen molar-refractivity contribution in [3.63, 3.8) is 0 Å². The largest absolute Gasteiger partial charge is 0.302 e. The van der Waals surface area contributed by atoms with Gasteiger partial charge in [-0.3, -0.25) is 0 Å². The Bertz CT molecular complexity index is 1200. The van der Waals surface area contributed by atoms with Gasteiger partial charge in [0, 0.05) is 22.1 Å². The number of hydrogen-bond acceptors (Lipinski definition) is 2. The Morgan fingerprint density at radius 1 is 1.09 bits per heavy atom. The molecule has 0 saturated heterocycles. The van der Waals surface area contributed by atoms with Crippen molar-refractivity contribution in [2.24, 2.45) is 33.7 Å². The Hall–Kier alpha value is -2.52. The Labute approximate surface area is 190 Å². The Morgan fingerprint density at radius 2 is 1.91 bits per heavy atom. The lowest BCUT2D eigenvalue weighted by Gasteiger charge is -2.57. The van der Waals surface area contributed by atoms with Crippen LogP contribution in [0.3, 0.4) is 0 Å². The van der Waals surface area contributed by atoms with Gasteiger partial charge in [0.15, 0.2) is 0 Å². The lowest BCUT2D eigenvalue weighted by atomic mass is 9.47. The van der Waals surface area contributed by atoms with Crippen LogP contribution in [0.5, 0.6) is 0 Å². The molecule has 0 amide bonds. The summed E-state index contributed by atoms with van der Waals surface area (Å²) >= 11 is 0. The van der Waals surface area contributed by atoms with E-state index >= 15 is 0 Å². The van der Waals surface area contributed by atoms with Gasteiger partial charge in [-0.2, -0.15) is 0 Å². The van der Waals surface area contributed by atoms with Gasteiger partial charge in [-0.05, 0) is 92.7 Å². The van der Waals surface area contributed by atoms with Gasteiger partial charge in [0.05, 0.1) is 11.0 Å². The molecule has 6 atom stereocenters. The van der Waals surface area contributed by atoms with Crippen LogP contribution in [0.1, 0.15) is 65.7 Å². The lowest BCUT2D eigenvalue weighted by Crippen LogP contribution is -2.49. The zero-order valence-corrected chi connectivity index (χ0v) is 19.5. The minimum absolute atomic E-state index is 0.154. The van der Waals surface area contributed by atoms with E-state index < -0.39 is 0 Å². The van der Waals surface area contributed by atoms with E-state index in [1.807, 2.05) is 0 Å². The zero-order chi connectivity index (χ0) is 22.1. The highest BCUT2D eigenvalue weighted by atomic mass is 15.1. The van der Waals surface area contributed by atoms with Crippen molar-refractivity contribution in [2.75, 3.05) is 0 Å². The third-order valence-electron chi connectivity index (χ3n) is 9.85. The first-order chi connectivity index (χ1) is 15.5. The normalized spacial score (nSPS) is 38.5. The standard InChI is InChI=1S/C27H33N5/c1-17-14-22-20-9-8-18-15-19(30-31-28)10-12-26(18,2)21(20)11-13-27(22,3)25(17)32-16-29-23-6-4-5-7-24(23)32/h4-8,16,19-22H,9-15H2,1-3H3/t19?,20?,21?,22?,26-,27-/m0/s1. The number of allylic oxidation sites excluding steroid dienone is 3. The SMILES string of the molecule is CC1=C(n2cnc3ccccc32)[C@@]2(C)CCC3C(CC=C4CC(N=[N+]=[N-])CC[C@@]43C)C2C1. The number of rotatable bonds is 2. The zero-order valence-electron chi connectivity index (χ0n) is 19.5. The first-order valence-corrected chi connectivity index (χ1v) is 12.3. The topological polar surface area (TPSA) is 66.6 Å². The van der Waals surface area contributed by atoms with Crippen molar-refractivity contribution < 1.29 is 0 Å². The van der Waals surface area contributed by atoms with Crippen LogP contribution in [-0.2, 0) is 0 Å². The molecule has 4 aliphatic carbocycles. The van der Waals surface area contributed by atoms with E-state index in [2.05, 4.69) is 72.0 Å². The monoisotopic (exact) mass is 427 g/mol. The molecule has 0 spiro atoms. The van der Waals surface area contributed by atoms with E-state index in [-0.39, 0.29) is 16.9 Å². The molecule has 0 radical (unpaired) electrons. The molecule has 5 heteroatoms. The summed E-state index contributed by atoms with van der Waals surface area (Å²) in [5, 5.41) is 4.07. The molecule has 0 bridgehead atoms. The van der Waals surface area contributed by atoms with Crippen molar-refractivity contribution in [2.45, 2.75) is 71.8 Å². The average molecular weight is 428 g/mol. The highest BCUT2D eigenvalue weighted by molar-refractivity contribution is 5.81. The van der Waals surface area contributed by atoms with Gasteiger partial charge in [-0.15, -0.1) is 0 Å². The Kier molecular flexibility index (Phi) is 4.39. The third kappa shape index (κ3) is 2.64. The summed E-state index contributed by atoms with van der Waals surface area (Å²) in [6.07, 6.45) is 12.7. The minimum atomic E-state index is 0.154. The van der Waals surface area contributed by atoms with Crippen molar-refractivity contribution in [3.05, 3.63) is 58.3 Å². The molecule has 1 aromatic heterocycles. The number of benzene rings is 1.